The minimum Gasteiger partial charge on any atom is -0.283 e. The lowest BCUT2D eigenvalue weighted by atomic mass is 10.3. The zero-order chi connectivity index (χ0) is 7.82. The summed E-state index contributed by atoms with van der Waals surface area (Å²) in [4.78, 5) is 0. The van der Waals surface area contributed by atoms with Gasteiger partial charge in [-0.3, -0.25) is 5.43 Å². The van der Waals surface area contributed by atoms with E-state index in [2.05, 4.69) is 24.0 Å². The number of nitrogens with one attached hydrogen (secondary N) is 1. The summed E-state index contributed by atoms with van der Waals surface area (Å²) >= 11 is 0. The summed E-state index contributed by atoms with van der Waals surface area (Å²) in [6.45, 7) is 7.52. The van der Waals surface area contributed by atoms with Gasteiger partial charge < -0.3 is 0 Å². The van der Waals surface area contributed by atoms with E-state index in [1.165, 1.54) is 0 Å². The zero-order valence-corrected chi connectivity index (χ0v) is 6.59. The second-order valence-corrected chi connectivity index (χ2v) is 1.78. The Labute approximate surface area is 62.3 Å². The normalized spacial score (nSPS) is 12.0. The second kappa shape index (κ2) is 6.08. The molecule has 10 heavy (non-hydrogen) atoms. The Hall–Kier alpha value is -1.05. The largest absolute Gasteiger partial charge is 0.283 e. The summed E-state index contributed by atoms with van der Waals surface area (Å²) in [5.74, 6) is 0. The lowest BCUT2D eigenvalue weighted by Crippen LogP contribution is -2.03. The van der Waals surface area contributed by atoms with Gasteiger partial charge in [0.05, 0.1) is 0 Å². The molecule has 0 aromatic heterocycles. The van der Waals surface area contributed by atoms with Crippen LogP contribution in [-0.2, 0) is 0 Å². The van der Waals surface area contributed by atoms with Crippen molar-refractivity contribution >= 4 is 6.21 Å². The van der Waals surface area contributed by atoms with E-state index in [0.29, 0.717) is 0 Å². The van der Waals surface area contributed by atoms with E-state index in [4.69, 9.17) is 0 Å². The Morgan fingerprint density at radius 2 is 2.40 bits per heavy atom. The van der Waals surface area contributed by atoms with Gasteiger partial charge in [-0.15, -0.1) is 0 Å². The van der Waals surface area contributed by atoms with Crippen molar-refractivity contribution in [3.05, 3.63) is 24.4 Å². The van der Waals surface area contributed by atoms with Gasteiger partial charge in [-0.1, -0.05) is 19.6 Å². The van der Waals surface area contributed by atoms with Gasteiger partial charge in [0.15, 0.2) is 0 Å². The summed E-state index contributed by atoms with van der Waals surface area (Å²) in [6, 6.07) is 0. The molecule has 0 aliphatic carbocycles. The molecule has 56 valence electrons. The fraction of sp³-hybridized carbons (Fsp3) is 0.375. The van der Waals surface area contributed by atoms with Gasteiger partial charge in [0.2, 0.25) is 0 Å². The molecule has 0 heterocycles. The molecule has 1 N–H and O–H groups in total. The van der Waals surface area contributed by atoms with E-state index in [-0.39, 0.29) is 0 Å². The van der Waals surface area contributed by atoms with E-state index in [1.54, 1.807) is 12.3 Å². The van der Waals surface area contributed by atoms with Crippen molar-refractivity contribution < 1.29 is 0 Å². The molecule has 2 nitrogen and oxygen atoms in total. The van der Waals surface area contributed by atoms with Crippen molar-refractivity contribution in [2.75, 3.05) is 0 Å². The smallest absolute Gasteiger partial charge is 0.0332 e. The first-order valence-electron chi connectivity index (χ1n) is 3.40. The number of hydrazone groups is 1. The maximum Gasteiger partial charge on any atom is 0.0332 e. The van der Waals surface area contributed by atoms with E-state index >= 15 is 0 Å². The van der Waals surface area contributed by atoms with Crippen LogP contribution in [0.15, 0.2) is 29.5 Å². The molecule has 0 atom stereocenters. The molecule has 0 saturated carbocycles. The highest BCUT2D eigenvalue weighted by molar-refractivity contribution is 5.52. The first-order chi connectivity index (χ1) is 4.85. The van der Waals surface area contributed by atoms with Crippen LogP contribution in [0.4, 0.5) is 0 Å². The van der Waals surface area contributed by atoms with Crippen LogP contribution in [0.3, 0.4) is 0 Å². The molecule has 0 bridgehead atoms. The number of nitrogens with zero attached hydrogens (tertiary/aromatic N) is 1. The maximum absolute atomic E-state index is 3.87. The van der Waals surface area contributed by atoms with Crippen LogP contribution >= 0.6 is 0 Å². The molecule has 0 aliphatic heterocycles. The number of rotatable bonds is 4. The second-order valence-electron chi connectivity index (χ2n) is 1.78. The van der Waals surface area contributed by atoms with Crippen molar-refractivity contribution in [2.45, 2.75) is 20.3 Å². The number of hydrogen-bond donors (Lipinski definition) is 1. The van der Waals surface area contributed by atoms with E-state index < -0.39 is 0 Å². The van der Waals surface area contributed by atoms with Gasteiger partial charge in [-0.2, -0.15) is 5.10 Å². The number of hydrogen-bond acceptors (Lipinski definition) is 2. The third-order valence-corrected chi connectivity index (χ3v) is 1.04. The van der Waals surface area contributed by atoms with E-state index in [9.17, 15) is 0 Å². The Morgan fingerprint density at radius 1 is 1.70 bits per heavy atom. The van der Waals surface area contributed by atoms with Gasteiger partial charge in [0.1, 0.15) is 0 Å². The molecule has 0 amide bonds. The molecule has 0 radical (unpaired) electrons. The van der Waals surface area contributed by atoms with Crippen molar-refractivity contribution in [3.8, 4) is 0 Å². The van der Waals surface area contributed by atoms with Crippen LogP contribution in [0.1, 0.15) is 20.3 Å². The highest BCUT2D eigenvalue weighted by atomic mass is 15.3. The van der Waals surface area contributed by atoms with Crippen molar-refractivity contribution in [1.29, 1.82) is 0 Å². The van der Waals surface area contributed by atoms with Crippen LogP contribution in [0.2, 0.25) is 0 Å². The standard InChI is InChI=1S/C8H14N2/c1-4-7-8(5-2)10-9-6-3/h4,6-7,10H,1,5H2,2-3H3/b8-7+,9-6-. The summed E-state index contributed by atoms with van der Waals surface area (Å²) < 4.78 is 0. The average Bonchev–Trinajstić information content (AvgIpc) is 1.98. The molecule has 0 saturated heterocycles. The third kappa shape index (κ3) is 3.89. The zero-order valence-electron chi connectivity index (χ0n) is 6.59. The molecule has 0 fully saturated rings. The van der Waals surface area contributed by atoms with Gasteiger partial charge >= 0.3 is 0 Å². The Kier molecular flexibility index (Phi) is 5.44. The SMILES string of the molecule is C=C/C=C(\CC)N/N=C\C. The third-order valence-electron chi connectivity index (χ3n) is 1.04. The summed E-state index contributed by atoms with van der Waals surface area (Å²) in [7, 11) is 0. The molecule has 0 aliphatic rings. The molecular weight excluding hydrogens is 124 g/mol. The monoisotopic (exact) mass is 138 g/mol. The molecular formula is C8H14N2. The topological polar surface area (TPSA) is 24.4 Å². The Bertz CT molecular complexity index is 145. The van der Waals surface area contributed by atoms with Gasteiger partial charge in [0.25, 0.3) is 0 Å². The highest BCUT2D eigenvalue weighted by Crippen LogP contribution is 1.94. The van der Waals surface area contributed by atoms with Crippen LogP contribution in [0.5, 0.6) is 0 Å². The average molecular weight is 138 g/mol. The van der Waals surface area contributed by atoms with Gasteiger partial charge in [-0.25, -0.2) is 0 Å². The first-order valence-corrected chi connectivity index (χ1v) is 3.40. The molecule has 0 spiro atoms. The minimum atomic E-state index is 0.948. The van der Waals surface area contributed by atoms with Crippen LogP contribution < -0.4 is 5.43 Å². The molecule has 0 rings (SSSR count). The number of allylic oxidation sites excluding steroid dienone is 3. The van der Waals surface area contributed by atoms with E-state index in [0.717, 1.165) is 12.1 Å². The summed E-state index contributed by atoms with van der Waals surface area (Å²) in [5, 5.41) is 3.87. The van der Waals surface area contributed by atoms with Crippen LogP contribution in [0.25, 0.3) is 0 Å². The Morgan fingerprint density at radius 3 is 2.80 bits per heavy atom. The van der Waals surface area contributed by atoms with Gasteiger partial charge in [0, 0.05) is 11.9 Å². The van der Waals surface area contributed by atoms with Crippen LogP contribution in [-0.4, -0.2) is 6.21 Å². The molecule has 0 aromatic carbocycles. The summed E-state index contributed by atoms with van der Waals surface area (Å²) in [6.07, 6.45) is 6.32. The maximum atomic E-state index is 3.87. The fourth-order valence-electron chi connectivity index (χ4n) is 0.524. The van der Waals surface area contributed by atoms with Crippen molar-refractivity contribution in [3.63, 3.8) is 0 Å². The van der Waals surface area contributed by atoms with Gasteiger partial charge in [-0.05, 0) is 19.4 Å². The molecule has 2 heteroatoms. The van der Waals surface area contributed by atoms with E-state index in [1.807, 2.05) is 13.0 Å². The Balaban J connectivity index is 3.82. The molecule has 0 unspecified atom stereocenters. The lowest BCUT2D eigenvalue weighted by molar-refractivity contribution is 0.833. The van der Waals surface area contributed by atoms with Crippen molar-refractivity contribution in [1.82, 2.24) is 5.43 Å². The quantitative estimate of drug-likeness (QED) is 0.359. The highest BCUT2D eigenvalue weighted by Gasteiger charge is 1.84. The summed E-state index contributed by atoms with van der Waals surface area (Å²) in [5.41, 5.74) is 3.96. The lowest BCUT2D eigenvalue weighted by Gasteiger charge is -1.99. The first kappa shape index (κ1) is 8.95. The predicted octanol–water partition coefficient (Wildman–Crippen LogP) is 2.06. The minimum absolute atomic E-state index is 0.948. The van der Waals surface area contributed by atoms with Crippen molar-refractivity contribution in [2.24, 2.45) is 5.10 Å². The van der Waals surface area contributed by atoms with Crippen LogP contribution in [0, 0.1) is 0 Å². The fourth-order valence-corrected chi connectivity index (χ4v) is 0.524. The molecule has 0 aromatic rings. The predicted molar refractivity (Wildman–Crippen MR) is 45.9 cm³/mol.